The van der Waals surface area contributed by atoms with E-state index < -0.39 is 0 Å². The number of hydrogen-bond acceptors (Lipinski definition) is 2. The number of nitrogens with one attached hydrogen (secondary N) is 1. The second kappa shape index (κ2) is 3.81. The first-order chi connectivity index (χ1) is 5.72. The van der Waals surface area contributed by atoms with Gasteiger partial charge in [0.05, 0.1) is 6.21 Å². The first-order valence-corrected chi connectivity index (χ1v) is 3.81. The summed E-state index contributed by atoms with van der Waals surface area (Å²) in [6.07, 6.45) is 1.20. The molecule has 1 N–H and O–H groups in total. The van der Waals surface area contributed by atoms with Gasteiger partial charge >= 0.3 is 0 Å². The molecular weight excluding hydrogens is 150 g/mol. The molecule has 0 saturated heterocycles. The van der Waals surface area contributed by atoms with Crippen molar-refractivity contribution in [1.29, 1.82) is 5.41 Å². The first-order valence-electron chi connectivity index (χ1n) is 3.81. The Morgan fingerprint density at radius 1 is 1.58 bits per heavy atom. The van der Waals surface area contributed by atoms with Gasteiger partial charge in [-0.1, -0.05) is 29.8 Å². The van der Waals surface area contributed by atoms with Gasteiger partial charge in [0, 0.05) is 6.42 Å². The predicted octanol–water partition coefficient (Wildman–Crippen LogP) is 1.76. The number of rotatable bonds is 3. The molecule has 1 aromatic carbocycles. The summed E-state index contributed by atoms with van der Waals surface area (Å²) in [6, 6.07) is 7.76. The lowest BCUT2D eigenvalue weighted by atomic mass is 10.1. The molecule has 2 heteroatoms. The molecule has 0 aliphatic carbocycles. The molecule has 0 aliphatic rings. The highest BCUT2D eigenvalue weighted by atomic mass is 16.1. The van der Waals surface area contributed by atoms with E-state index in [9.17, 15) is 4.79 Å². The molecule has 0 saturated carbocycles. The smallest absolute Gasteiger partial charge is 0.177 e. The Balaban J connectivity index is 2.76. The quantitative estimate of drug-likeness (QED) is 0.674. The van der Waals surface area contributed by atoms with Crippen LogP contribution in [0.1, 0.15) is 11.1 Å². The molecule has 0 unspecified atom stereocenters. The summed E-state index contributed by atoms with van der Waals surface area (Å²) in [4.78, 5) is 10.8. The monoisotopic (exact) mass is 161 g/mol. The molecule has 0 amide bonds. The molecule has 12 heavy (non-hydrogen) atoms. The Hall–Kier alpha value is -1.44. The van der Waals surface area contributed by atoms with Crippen molar-refractivity contribution >= 4 is 12.0 Å². The minimum Gasteiger partial charge on any atom is -0.305 e. The van der Waals surface area contributed by atoms with Crippen LogP contribution in [0, 0.1) is 12.3 Å². The van der Waals surface area contributed by atoms with E-state index in [2.05, 4.69) is 0 Å². The average Bonchev–Trinajstić information content (AvgIpc) is 2.04. The van der Waals surface area contributed by atoms with Crippen LogP contribution in [0.15, 0.2) is 24.3 Å². The first kappa shape index (κ1) is 8.65. The van der Waals surface area contributed by atoms with Gasteiger partial charge in [0.2, 0.25) is 0 Å². The number of hydrogen-bond donors (Lipinski definition) is 1. The zero-order valence-corrected chi connectivity index (χ0v) is 7.00. The van der Waals surface area contributed by atoms with Crippen molar-refractivity contribution in [3.05, 3.63) is 35.4 Å². The second-order valence-electron chi connectivity index (χ2n) is 2.78. The molecule has 0 spiro atoms. The fourth-order valence-electron chi connectivity index (χ4n) is 1.07. The van der Waals surface area contributed by atoms with Gasteiger partial charge in [-0.05, 0) is 12.5 Å². The third kappa shape index (κ3) is 2.31. The van der Waals surface area contributed by atoms with Crippen molar-refractivity contribution in [2.75, 3.05) is 0 Å². The third-order valence-corrected chi connectivity index (χ3v) is 1.62. The number of Topliss-reactive ketones (excluding diaryl/α,β-unsaturated/α-hetero) is 1. The minimum atomic E-state index is -0.152. The summed E-state index contributed by atoms with van der Waals surface area (Å²) < 4.78 is 0. The molecule has 2 nitrogen and oxygen atoms in total. The number of aryl methyl sites for hydroxylation is 1. The molecule has 0 fully saturated rings. The predicted molar refractivity (Wildman–Crippen MR) is 48.7 cm³/mol. The van der Waals surface area contributed by atoms with Gasteiger partial charge in [0.1, 0.15) is 0 Å². The van der Waals surface area contributed by atoms with Crippen LogP contribution in [0.2, 0.25) is 0 Å². The normalized spacial score (nSPS) is 9.42. The highest BCUT2D eigenvalue weighted by Gasteiger charge is 1.98. The molecule has 0 atom stereocenters. The molecule has 0 aliphatic heterocycles. The largest absolute Gasteiger partial charge is 0.305 e. The Bertz CT molecular complexity index is 304. The van der Waals surface area contributed by atoms with Crippen LogP contribution >= 0.6 is 0 Å². The molecule has 1 rings (SSSR count). The maximum absolute atomic E-state index is 10.8. The number of benzene rings is 1. The highest BCUT2D eigenvalue weighted by Crippen LogP contribution is 2.04. The summed E-state index contributed by atoms with van der Waals surface area (Å²) >= 11 is 0. The van der Waals surface area contributed by atoms with E-state index in [4.69, 9.17) is 5.41 Å². The second-order valence-corrected chi connectivity index (χ2v) is 2.78. The lowest BCUT2D eigenvalue weighted by molar-refractivity contribution is -0.112. The van der Waals surface area contributed by atoms with E-state index in [0.717, 1.165) is 17.3 Å². The van der Waals surface area contributed by atoms with Crippen LogP contribution in [-0.4, -0.2) is 12.0 Å². The molecule has 62 valence electrons. The van der Waals surface area contributed by atoms with Crippen LogP contribution in [0.5, 0.6) is 0 Å². The zero-order chi connectivity index (χ0) is 8.97. The van der Waals surface area contributed by atoms with Gasteiger partial charge in [-0.2, -0.15) is 0 Å². The van der Waals surface area contributed by atoms with Gasteiger partial charge < -0.3 is 5.41 Å². The Morgan fingerprint density at radius 3 is 2.92 bits per heavy atom. The fourth-order valence-corrected chi connectivity index (χ4v) is 1.07. The maximum Gasteiger partial charge on any atom is 0.177 e. The third-order valence-electron chi connectivity index (χ3n) is 1.62. The van der Waals surface area contributed by atoms with Crippen LogP contribution < -0.4 is 0 Å². The highest BCUT2D eigenvalue weighted by molar-refractivity contribution is 6.26. The minimum absolute atomic E-state index is 0.152. The molecular formula is C10H11NO. The van der Waals surface area contributed by atoms with Crippen molar-refractivity contribution in [2.24, 2.45) is 0 Å². The fraction of sp³-hybridized carbons (Fsp3) is 0.200. The van der Waals surface area contributed by atoms with Crippen LogP contribution in [0.3, 0.4) is 0 Å². The summed E-state index contributed by atoms with van der Waals surface area (Å²) in [5.41, 5.74) is 2.12. The van der Waals surface area contributed by atoms with Gasteiger partial charge in [-0.25, -0.2) is 0 Å². The number of ketones is 1. The van der Waals surface area contributed by atoms with Crippen molar-refractivity contribution in [3.63, 3.8) is 0 Å². The van der Waals surface area contributed by atoms with Gasteiger partial charge in [-0.15, -0.1) is 0 Å². The van der Waals surface area contributed by atoms with Crippen molar-refractivity contribution < 1.29 is 4.79 Å². The SMILES string of the molecule is Cc1cccc(CC(=O)C=N)c1. The van der Waals surface area contributed by atoms with Crippen molar-refractivity contribution in [3.8, 4) is 0 Å². The van der Waals surface area contributed by atoms with Gasteiger partial charge in [0.15, 0.2) is 5.78 Å². The Kier molecular flexibility index (Phi) is 2.75. The maximum atomic E-state index is 10.8. The van der Waals surface area contributed by atoms with Crippen molar-refractivity contribution in [2.45, 2.75) is 13.3 Å². The standard InChI is InChI=1S/C10H11NO/c1-8-3-2-4-9(5-8)6-10(12)7-11/h2-5,7,11H,6H2,1H3. The number of carbonyl (C=O) groups excluding carboxylic acids is 1. The summed E-state index contributed by atoms with van der Waals surface area (Å²) in [6.45, 7) is 1.98. The molecule has 0 heterocycles. The molecule has 0 aromatic heterocycles. The van der Waals surface area contributed by atoms with E-state index in [1.165, 1.54) is 0 Å². The Morgan fingerprint density at radius 2 is 2.33 bits per heavy atom. The lowest BCUT2D eigenvalue weighted by Crippen LogP contribution is -2.02. The zero-order valence-electron chi connectivity index (χ0n) is 7.00. The van der Waals surface area contributed by atoms with E-state index >= 15 is 0 Å². The number of carbonyl (C=O) groups is 1. The molecule has 0 bridgehead atoms. The van der Waals surface area contributed by atoms with E-state index in [1.54, 1.807) is 0 Å². The summed E-state index contributed by atoms with van der Waals surface area (Å²) in [5, 5.41) is 6.74. The average molecular weight is 161 g/mol. The van der Waals surface area contributed by atoms with Gasteiger partial charge in [-0.3, -0.25) is 4.79 Å². The molecule has 0 radical (unpaired) electrons. The van der Waals surface area contributed by atoms with Crippen LogP contribution in [0.25, 0.3) is 0 Å². The Labute approximate surface area is 71.7 Å². The van der Waals surface area contributed by atoms with Crippen LogP contribution in [0.4, 0.5) is 0 Å². The molecule has 1 aromatic rings. The topological polar surface area (TPSA) is 40.9 Å². The summed E-state index contributed by atoms with van der Waals surface area (Å²) in [7, 11) is 0. The lowest BCUT2D eigenvalue weighted by Gasteiger charge is -1.97. The van der Waals surface area contributed by atoms with Crippen LogP contribution in [-0.2, 0) is 11.2 Å². The van der Waals surface area contributed by atoms with Gasteiger partial charge in [0.25, 0.3) is 0 Å². The van der Waals surface area contributed by atoms with E-state index in [0.29, 0.717) is 6.42 Å². The van der Waals surface area contributed by atoms with E-state index in [-0.39, 0.29) is 5.78 Å². The summed E-state index contributed by atoms with van der Waals surface area (Å²) in [5.74, 6) is -0.152. The van der Waals surface area contributed by atoms with Crippen molar-refractivity contribution in [1.82, 2.24) is 0 Å². The van der Waals surface area contributed by atoms with E-state index in [1.807, 2.05) is 31.2 Å².